The van der Waals surface area contributed by atoms with E-state index in [-0.39, 0.29) is 12.8 Å². The molecule has 1 heterocycles. The fourth-order valence-electron chi connectivity index (χ4n) is 4.51. The van der Waals surface area contributed by atoms with E-state index in [1.54, 1.807) is 24.3 Å². The Bertz CT molecular complexity index is 1340. The molecule has 0 spiro atoms. The zero-order valence-corrected chi connectivity index (χ0v) is 25.4. The molecule has 7 N–H and O–H groups in total. The lowest BCUT2D eigenvalue weighted by Crippen LogP contribution is -2.57. The second kappa shape index (κ2) is 16.8. The highest BCUT2D eigenvalue weighted by Crippen LogP contribution is 2.19. The fourth-order valence-corrected chi connectivity index (χ4v) is 5.46. The minimum atomic E-state index is -1.17. The number of carboxylic acids is 1. The van der Waals surface area contributed by atoms with E-state index in [1.165, 1.54) is 23.5 Å². The Hall–Kier alpha value is -3.48. The molecule has 2 aromatic carbocycles. The number of aromatic amines is 1. The molecule has 42 heavy (non-hydrogen) atoms. The number of H-pyrrole nitrogens is 1. The van der Waals surface area contributed by atoms with E-state index in [2.05, 4.69) is 20.9 Å². The van der Waals surface area contributed by atoms with Crippen molar-refractivity contribution in [1.29, 1.82) is 0 Å². The molecule has 3 aromatic rings. The third-order valence-electron chi connectivity index (χ3n) is 6.84. The van der Waals surface area contributed by atoms with Crippen LogP contribution in [-0.2, 0) is 32.0 Å². The number of para-hydroxylation sites is 1. The van der Waals surface area contributed by atoms with Gasteiger partial charge in [-0.05, 0) is 60.5 Å². The monoisotopic (exact) mass is 613 g/mol. The number of aromatic nitrogens is 1. The summed E-state index contributed by atoms with van der Waals surface area (Å²) in [5.41, 5.74) is 8.86. The van der Waals surface area contributed by atoms with Crippen molar-refractivity contribution in [3.63, 3.8) is 0 Å². The quantitative estimate of drug-likeness (QED) is 0.135. The summed E-state index contributed by atoms with van der Waals surface area (Å²) in [7, 11) is 0. The number of hydrogen-bond acceptors (Lipinski definition) is 7. The molecule has 0 radical (unpaired) electrons. The number of benzene rings is 2. The van der Waals surface area contributed by atoms with E-state index < -0.39 is 47.9 Å². The van der Waals surface area contributed by atoms with E-state index in [9.17, 15) is 24.3 Å². The van der Waals surface area contributed by atoms with E-state index in [1.807, 2.05) is 49.0 Å². The van der Waals surface area contributed by atoms with Crippen LogP contribution in [0.3, 0.4) is 0 Å². The zero-order valence-electron chi connectivity index (χ0n) is 23.8. The Morgan fingerprint density at radius 2 is 1.33 bits per heavy atom. The molecule has 0 saturated heterocycles. The molecule has 0 aliphatic carbocycles. The van der Waals surface area contributed by atoms with Crippen LogP contribution in [0.5, 0.6) is 0 Å². The Balaban J connectivity index is 1.67. The Morgan fingerprint density at radius 1 is 0.786 bits per heavy atom. The average molecular weight is 614 g/mol. The van der Waals surface area contributed by atoms with Crippen LogP contribution < -0.4 is 21.7 Å². The number of amides is 3. The van der Waals surface area contributed by atoms with Crippen molar-refractivity contribution in [2.45, 2.75) is 49.9 Å². The van der Waals surface area contributed by atoms with Crippen LogP contribution >= 0.6 is 23.5 Å². The van der Waals surface area contributed by atoms with E-state index in [0.29, 0.717) is 24.3 Å². The summed E-state index contributed by atoms with van der Waals surface area (Å²) in [4.78, 5) is 54.8. The molecule has 0 bridgehead atoms. The van der Waals surface area contributed by atoms with Gasteiger partial charge in [0.05, 0.1) is 6.04 Å². The van der Waals surface area contributed by atoms with Crippen LogP contribution in [0, 0.1) is 0 Å². The van der Waals surface area contributed by atoms with Crippen LogP contribution in [0.15, 0.2) is 60.8 Å². The number of carbonyl (C=O) groups excluding carboxylic acids is 3. The maximum absolute atomic E-state index is 13.4. The lowest BCUT2D eigenvalue weighted by molar-refractivity contribution is -0.142. The van der Waals surface area contributed by atoms with Crippen LogP contribution in [0.1, 0.15) is 24.0 Å². The summed E-state index contributed by atoms with van der Waals surface area (Å²) in [6, 6.07) is 12.8. The highest BCUT2D eigenvalue weighted by Gasteiger charge is 2.30. The van der Waals surface area contributed by atoms with Gasteiger partial charge >= 0.3 is 5.97 Å². The second-order valence-electron chi connectivity index (χ2n) is 9.94. The molecule has 12 heteroatoms. The summed E-state index contributed by atoms with van der Waals surface area (Å²) in [6.07, 6.45) is 6.61. The molecule has 0 saturated carbocycles. The van der Waals surface area contributed by atoms with Crippen molar-refractivity contribution in [2.24, 2.45) is 5.73 Å². The van der Waals surface area contributed by atoms with E-state index >= 15 is 0 Å². The fraction of sp³-hybridized carbons (Fsp3) is 0.400. The number of carbonyl (C=O) groups is 4. The first-order valence-electron chi connectivity index (χ1n) is 13.7. The normalized spacial score (nSPS) is 14.0. The number of hydrogen-bond donors (Lipinski definition) is 6. The molecular weight excluding hydrogens is 574 g/mol. The number of carboxylic acid groups (broad SMARTS) is 1. The lowest BCUT2D eigenvalue weighted by Gasteiger charge is -2.25. The molecule has 0 aliphatic rings. The number of nitrogens with one attached hydrogen (secondary N) is 4. The van der Waals surface area contributed by atoms with Crippen molar-refractivity contribution in [2.75, 3.05) is 24.0 Å². The first-order valence-corrected chi connectivity index (χ1v) is 16.5. The third kappa shape index (κ3) is 9.81. The van der Waals surface area contributed by atoms with Crippen molar-refractivity contribution < 1.29 is 24.3 Å². The lowest BCUT2D eigenvalue weighted by atomic mass is 10.0. The molecule has 0 aliphatic heterocycles. The Labute approximate surface area is 254 Å². The van der Waals surface area contributed by atoms with Gasteiger partial charge in [-0.25, -0.2) is 4.79 Å². The predicted molar refractivity (Wildman–Crippen MR) is 170 cm³/mol. The molecule has 10 nitrogen and oxygen atoms in total. The van der Waals surface area contributed by atoms with Gasteiger partial charge in [-0.15, -0.1) is 0 Å². The number of aliphatic carboxylic acids is 1. The van der Waals surface area contributed by atoms with Crippen molar-refractivity contribution in [3.8, 4) is 0 Å². The minimum Gasteiger partial charge on any atom is -0.480 e. The van der Waals surface area contributed by atoms with Gasteiger partial charge in [-0.1, -0.05) is 48.5 Å². The largest absolute Gasteiger partial charge is 0.480 e. The highest BCUT2D eigenvalue weighted by atomic mass is 32.2. The smallest absolute Gasteiger partial charge is 0.326 e. The summed E-state index contributed by atoms with van der Waals surface area (Å²) in [5, 5.41) is 18.8. The van der Waals surface area contributed by atoms with Gasteiger partial charge in [0, 0.05) is 23.5 Å². The molecule has 1 aromatic heterocycles. The molecule has 226 valence electrons. The first kappa shape index (κ1) is 33.0. The molecule has 4 atom stereocenters. The zero-order chi connectivity index (χ0) is 30.5. The summed E-state index contributed by atoms with van der Waals surface area (Å²) in [6.45, 7) is 0. The van der Waals surface area contributed by atoms with Crippen LogP contribution in [0.2, 0.25) is 0 Å². The van der Waals surface area contributed by atoms with Crippen molar-refractivity contribution in [1.82, 2.24) is 20.9 Å². The Kier molecular flexibility index (Phi) is 13.2. The minimum absolute atomic E-state index is 0.103. The molecule has 3 amide bonds. The first-order chi connectivity index (χ1) is 20.2. The average Bonchev–Trinajstić information content (AvgIpc) is 3.39. The van der Waals surface area contributed by atoms with Crippen LogP contribution in [0.4, 0.5) is 0 Å². The summed E-state index contributed by atoms with van der Waals surface area (Å²) < 4.78 is 0. The molecule has 3 rings (SSSR count). The van der Waals surface area contributed by atoms with Gasteiger partial charge in [-0.3, -0.25) is 14.4 Å². The maximum Gasteiger partial charge on any atom is 0.326 e. The van der Waals surface area contributed by atoms with Crippen LogP contribution in [0.25, 0.3) is 10.9 Å². The third-order valence-corrected chi connectivity index (χ3v) is 8.12. The summed E-state index contributed by atoms with van der Waals surface area (Å²) >= 11 is 3.03. The summed E-state index contributed by atoms with van der Waals surface area (Å²) in [5.74, 6) is -1.60. The highest BCUT2D eigenvalue weighted by molar-refractivity contribution is 7.98. The number of nitrogens with two attached hydrogens (primary N) is 1. The van der Waals surface area contributed by atoms with Gasteiger partial charge in [0.25, 0.3) is 0 Å². The van der Waals surface area contributed by atoms with Gasteiger partial charge in [0.2, 0.25) is 17.7 Å². The maximum atomic E-state index is 13.4. The molecular formula is C30H39N5O5S2. The number of fused-ring (bicyclic) bond motifs is 1. The molecule has 4 unspecified atom stereocenters. The van der Waals surface area contributed by atoms with Gasteiger partial charge in [0.1, 0.15) is 18.1 Å². The second-order valence-corrected chi connectivity index (χ2v) is 11.9. The van der Waals surface area contributed by atoms with E-state index in [0.717, 1.165) is 22.0 Å². The van der Waals surface area contributed by atoms with E-state index in [4.69, 9.17) is 5.73 Å². The topological polar surface area (TPSA) is 166 Å². The number of rotatable bonds is 17. The Morgan fingerprint density at radius 3 is 1.93 bits per heavy atom. The van der Waals surface area contributed by atoms with Crippen LogP contribution in [-0.4, -0.2) is 82.0 Å². The van der Waals surface area contributed by atoms with Crippen molar-refractivity contribution >= 4 is 58.1 Å². The SMILES string of the molecule is CSCCC(NC(=O)C(N)Cc1c[nH]c2ccccc12)C(=O)NC(CCSC)C(=O)NC(Cc1ccccc1)C(=O)O. The van der Waals surface area contributed by atoms with Gasteiger partial charge in [-0.2, -0.15) is 23.5 Å². The number of thioether (sulfide) groups is 2. The predicted octanol–water partition coefficient (Wildman–Crippen LogP) is 2.33. The van der Waals surface area contributed by atoms with Gasteiger partial charge in [0.15, 0.2) is 0 Å². The molecule has 0 fully saturated rings. The van der Waals surface area contributed by atoms with Crippen molar-refractivity contribution in [3.05, 3.63) is 71.9 Å². The van der Waals surface area contributed by atoms with Gasteiger partial charge < -0.3 is 31.8 Å². The standard InChI is InChI=1S/C30H39N5O5S2/c1-41-14-12-24(33-27(36)22(31)17-20-18-32-23-11-7-6-10-21(20)23)28(37)34-25(13-15-42-2)29(38)35-26(30(39)40)16-19-8-4-3-5-9-19/h3-11,18,22,24-26,32H,12-17,31H2,1-2H3,(H,33,36)(H,34,37)(H,35,38)(H,39,40).